The molecule has 2 aromatic carbocycles. The summed E-state index contributed by atoms with van der Waals surface area (Å²) in [6, 6.07) is 10.7. The van der Waals surface area contributed by atoms with Gasteiger partial charge in [0.05, 0.1) is 11.1 Å². The third kappa shape index (κ3) is 5.51. The van der Waals surface area contributed by atoms with Gasteiger partial charge < -0.3 is 4.74 Å². The summed E-state index contributed by atoms with van der Waals surface area (Å²) in [7, 11) is -8.30. The van der Waals surface area contributed by atoms with E-state index in [2.05, 4.69) is 9.46 Å². The lowest BCUT2D eigenvalue weighted by Gasteiger charge is -2.09. The highest BCUT2D eigenvalue weighted by Crippen LogP contribution is 2.23. The maximum Gasteiger partial charge on any atom is 0.387 e. The number of rotatable bonds is 7. The average Bonchev–Trinajstić information content (AvgIpc) is 2.53. The van der Waals surface area contributed by atoms with Gasteiger partial charge in [-0.1, -0.05) is 30.3 Å². The van der Waals surface area contributed by atoms with E-state index in [9.17, 15) is 25.6 Å². The van der Waals surface area contributed by atoms with Crippen molar-refractivity contribution in [1.82, 2.24) is 0 Å². The second kappa shape index (κ2) is 7.81. The Morgan fingerprint density at radius 3 is 2.27 bits per heavy atom. The van der Waals surface area contributed by atoms with Gasteiger partial charge in [-0.15, -0.1) is 0 Å². The molecule has 7 nitrogen and oxygen atoms in total. The van der Waals surface area contributed by atoms with Gasteiger partial charge in [-0.05, 0) is 24.3 Å². The molecule has 0 aromatic heterocycles. The number of para-hydroxylation sites is 2. The van der Waals surface area contributed by atoms with Gasteiger partial charge >= 0.3 is 6.61 Å². The van der Waals surface area contributed by atoms with E-state index in [0.717, 1.165) is 12.1 Å². The number of hydrogen-bond donors (Lipinski definition) is 2. The Morgan fingerprint density at radius 2 is 1.62 bits per heavy atom. The van der Waals surface area contributed by atoms with E-state index in [1.165, 1.54) is 42.5 Å². The van der Waals surface area contributed by atoms with E-state index in [1.54, 1.807) is 0 Å². The number of nitrogens with one attached hydrogen (secondary N) is 1. The van der Waals surface area contributed by atoms with E-state index in [-0.39, 0.29) is 17.0 Å². The molecule has 0 bridgehead atoms. The van der Waals surface area contributed by atoms with Crippen LogP contribution < -0.4 is 14.6 Å². The van der Waals surface area contributed by atoms with Crippen LogP contribution in [-0.2, 0) is 20.0 Å². The van der Waals surface area contributed by atoms with Crippen LogP contribution in [0.4, 0.5) is 14.5 Å². The standard InChI is InChI=1S/C15H14F2N2O5S2/c16-15(17)24-13-7-3-1-5-11(13)9-10-25(20,21)19-12-6-2-4-8-14(12)26(18,22)23/h1-10,15,19H,(H2,18,22,23). The quantitative estimate of drug-likeness (QED) is 0.735. The molecule has 0 aliphatic rings. The number of ether oxygens (including phenoxy) is 1. The fourth-order valence-corrected chi connectivity index (χ4v) is 3.61. The third-order valence-corrected chi connectivity index (χ3v) is 4.98. The molecule has 0 saturated heterocycles. The van der Waals surface area contributed by atoms with E-state index < -0.39 is 31.6 Å². The molecule has 0 atom stereocenters. The van der Waals surface area contributed by atoms with E-state index in [0.29, 0.717) is 5.41 Å². The normalized spacial score (nSPS) is 12.5. The van der Waals surface area contributed by atoms with Crippen molar-refractivity contribution in [2.75, 3.05) is 4.72 Å². The number of anilines is 1. The zero-order valence-corrected chi connectivity index (χ0v) is 14.7. The van der Waals surface area contributed by atoms with Crippen LogP contribution in [0.25, 0.3) is 6.08 Å². The van der Waals surface area contributed by atoms with Gasteiger partial charge in [-0.3, -0.25) is 4.72 Å². The van der Waals surface area contributed by atoms with Crippen LogP contribution in [0, 0.1) is 0 Å². The Hall–Kier alpha value is -2.50. The summed E-state index contributed by atoms with van der Waals surface area (Å²) >= 11 is 0. The van der Waals surface area contributed by atoms with Gasteiger partial charge in [-0.25, -0.2) is 22.0 Å². The van der Waals surface area contributed by atoms with Crippen molar-refractivity contribution in [3.63, 3.8) is 0 Å². The molecule has 2 rings (SSSR count). The van der Waals surface area contributed by atoms with Crippen molar-refractivity contribution in [2.24, 2.45) is 5.14 Å². The maximum absolute atomic E-state index is 12.4. The largest absolute Gasteiger partial charge is 0.434 e. The lowest BCUT2D eigenvalue weighted by atomic mass is 10.2. The summed E-state index contributed by atoms with van der Waals surface area (Å²) in [4.78, 5) is -0.404. The third-order valence-electron chi connectivity index (χ3n) is 3.01. The average molecular weight is 404 g/mol. The van der Waals surface area contributed by atoms with Crippen LogP contribution in [0.5, 0.6) is 5.75 Å². The molecular weight excluding hydrogens is 390 g/mol. The minimum Gasteiger partial charge on any atom is -0.434 e. The molecule has 0 amide bonds. The van der Waals surface area contributed by atoms with Crippen molar-refractivity contribution in [2.45, 2.75) is 11.5 Å². The molecule has 2 aromatic rings. The number of alkyl halides is 2. The number of benzene rings is 2. The Kier molecular flexibility index (Phi) is 5.95. The fraction of sp³-hybridized carbons (Fsp3) is 0.0667. The zero-order chi connectivity index (χ0) is 19.4. The van der Waals surface area contributed by atoms with Crippen molar-refractivity contribution in [1.29, 1.82) is 0 Å². The van der Waals surface area contributed by atoms with E-state index >= 15 is 0 Å². The smallest absolute Gasteiger partial charge is 0.387 e. The Bertz CT molecular complexity index is 1020. The molecule has 0 aliphatic carbocycles. The summed E-state index contributed by atoms with van der Waals surface area (Å²) in [6.45, 7) is -3.07. The van der Waals surface area contributed by atoms with Crippen molar-refractivity contribution in [3.05, 3.63) is 59.5 Å². The molecule has 11 heteroatoms. The first-order valence-corrected chi connectivity index (χ1v) is 10.0. The van der Waals surface area contributed by atoms with Gasteiger partial charge in [-0.2, -0.15) is 8.78 Å². The molecular formula is C15H14F2N2O5S2. The summed E-state index contributed by atoms with van der Waals surface area (Å²) in [5, 5.41) is 5.73. The number of halogens is 2. The first-order chi connectivity index (χ1) is 12.1. The van der Waals surface area contributed by atoms with E-state index in [4.69, 9.17) is 5.14 Å². The van der Waals surface area contributed by atoms with Crippen LogP contribution >= 0.6 is 0 Å². The van der Waals surface area contributed by atoms with Crippen LogP contribution in [-0.4, -0.2) is 23.4 Å². The topological polar surface area (TPSA) is 116 Å². The van der Waals surface area contributed by atoms with Gasteiger partial charge in [0, 0.05) is 5.56 Å². The predicted molar refractivity (Wildman–Crippen MR) is 92.5 cm³/mol. The second-order valence-corrected chi connectivity index (χ2v) is 8.00. The van der Waals surface area contributed by atoms with Gasteiger partial charge in [0.15, 0.2) is 0 Å². The highest BCUT2D eigenvalue weighted by atomic mass is 32.2. The van der Waals surface area contributed by atoms with Crippen LogP contribution in [0.15, 0.2) is 58.8 Å². The SMILES string of the molecule is NS(=O)(=O)c1ccccc1NS(=O)(=O)C=Cc1ccccc1OC(F)F. The zero-order valence-electron chi connectivity index (χ0n) is 13.0. The van der Waals surface area contributed by atoms with Gasteiger partial charge in [0.25, 0.3) is 10.0 Å². The number of primary sulfonamides is 1. The molecule has 0 fully saturated rings. The summed E-state index contributed by atoms with van der Waals surface area (Å²) in [5.41, 5.74) is -0.144. The number of hydrogen-bond acceptors (Lipinski definition) is 5. The van der Waals surface area contributed by atoms with Crippen molar-refractivity contribution in [3.8, 4) is 5.75 Å². The minimum atomic E-state index is -4.15. The summed E-state index contributed by atoms with van der Waals surface area (Å²) in [5.74, 6) is -0.209. The fourth-order valence-electron chi connectivity index (χ4n) is 1.97. The first kappa shape index (κ1) is 19.8. The van der Waals surface area contributed by atoms with Gasteiger partial charge in [0.2, 0.25) is 10.0 Å². The number of sulfonamides is 2. The molecule has 0 spiro atoms. The minimum absolute atomic E-state index is 0.0953. The predicted octanol–water partition coefficient (Wildman–Crippen LogP) is 2.35. The molecule has 140 valence electrons. The Morgan fingerprint density at radius 1 is 1.00 bits per heavy atom. The summed E-state index contributed by atoms with van der Waals surface area (Å²) in [6.07, 6.45) is 1.04. The van der Waals surface area contributed by atoms with Crippen LogP contribution in [0.3, 0.4) is 0 Å². The monoisotopic (exact) mass is 404 g/mol. The van der Waals surface area contributed by atoms with E-state index in [1.807, 2.05) is 0 Å². The molecule has 0 heterocycles. The molecule has 0 saturated carbocycles. The van der Waals surface area contributed by atoms with Crippen LogP contribution in [0.1, 0.15) is 5.56 Å². The maximum atomic E-state index is 12.4. The molecule has 26 heavy (non-hydrogen) atoms. The second-order valence-electron chi connectivity index (χ2n) is 4.91. The Labute approximate surface area is 149 Å². The van der Waals surface area contributed by atoms with Crippen molar-refractivity contribution >= 4 is 31.8 Å². The highest BCUT2D eigenvalue weighted by molar-refractivity contribution is 7.95. The molecule has 0 radical (unpaired) electrons. The van der Waals surface area contributed by atoms with Crippen LogP contribution in [0.2, 0.25) is 0 Å². The summed E-state index contributed by atoms with van der Waals surface area (Å²) < 4.78 is 78.4. The molecule has 0 unspecified atom stereocenters. The number of nitrogens with two attached hydrogens (primary N) is 1. The molecule has 3 N–H and O–H groups in total. The Balaban J connectivity index is 2.30. The van der Waals surface area contributed by atoms with Gasteiger partial charge in [0.1, 0.15) is 10.6 Å². The lowest BCUT2D eigenvalue weighted by Crippen LogP contribution is -2.17. The molecule has 0 aliphatic heterocycles. The lowest BCUT2D eigenvalue weighted by molar-refractivity contribution is -0.0499. The highest BCUT2D eigenvalue weighted by Gasteiger charge is 2.17. The van der Waals surface area contributed by atoms with Crippen molar-refractivity contribution < 1.29 is 30.4 Å². The first-order valence-electron chi connectivity index (χ1n) is 6.95.